The second kappa shape index (κ2) is 6.59. The summed E-state index contributed by atoms with van der Waals surface area (Å²) in [7, 11) is 0. The highest BCUT2D eigenvalue weighted by Gasteiger charge is 2.24. The van der Waals surface area contributed by atoms with Gasteiger partial charge in [0.2, 0.25) is 0 Å². The summed E-state index contributed by atoms with van der Waals surface area (Å²) in [5, 5.41) is 0. The Balaban J connectivity index is 1.52. The van der Waals surface area contributed by atoms with Crippen molar-refractivity contribution >= 4 is 0 Å². The predicted octanol–water partition coefficient (Wildman–Crippen LogP) is 3.23. The Kier molecular flexibility index (Phi) is 4.58. The van der Waals surface area contributed by atoms with E-state index in [1.165, 1.54) is 18.4 Å². The Bertz CT molecular complexity index is 429. The van der Waals surface area contributed by atoms with Crippen LogP contribution in [0.25, 0.3) is 0 Å². The van der Waals surface area contributed by atoms with E-state index in [0.29, 0.717) is 12.0 Å². The van der Waals surface area contributed by atoms with E-state index < -0.39 is 0 Å². The molecule has 2 aliphatic rings. The maximum Gasteiger partial charge on any atom is 0.122 e. The normalized spacial score (nSPS) is 26.9. The van der Waals surface area contributed by atoms with Gasteiger partial charge in [-0.2, -0.15) is 0 Å². The van der Waals surface area contributed by atoms with Crippen LogP contribution in [-0.2, 0) is 4.74 Å². The van der Waals surface area contributed by atoms with Crippen LogP contribution in [0.15, 0.2) is 24.3 Å². The first-order chi connectivity index (χ1) is 9.83. The Morgan fingerprint density at radius 3 is 2.95 bits per heavy atom. The van der Waals surface area contributed by atoms with Crippen molar-refractivity contribution in [2.24, 2.45) is 5.73 Å². The third-order valence-electron chi connectivity index (χ3n) is 4.55. The standard InChI is InChI=1S/C17H25NO2/c18-14(7-8-15-4-3-10-19-15)12-13-9-11-20-17-6-2-1-5-16(13)17/h1-2,5-6,13-15H,3-4,7-12,18H2. The van der Waals surface area contributed by atoms with Gasteiger partial charge in [0.05, 0.1) is 12.7 Å². The highest BCUT2D eigenvalue weighted by molar-refractivity contribution is 5.37. The van der Waals surface area contributed by atoms with Crippen LogP contribution < -0.4 is 10.5 Å². The van der Waals surface area contributed by atoms with E-state index >= 15 is 0 Å². The van der Waals surface area contributed by atoms with Crippen LogP contribution in [0.5, 0.6) is 5.75 Å². The summed E-state index contributed by atoms with van der Waals surface area (Å²) in [5.74, 6) is 1.61. The molecule has 0 aromatic heterocycles. The molecule has 0 bridgehead atoms. The number of hydrogen-bond acceptors (Lipinski definition) is 3. The van der Waals surface area contributed by atoms with Gasteiger partial charge in [-0.05, 0) is 56.1 Å². The molecule has 1 aromatic rings. The molecule has 3 heteroatoms. The molecule has 1 saturated heterocycles. The summed E-state index contributed by atoms with van der Waals surface area (Å²) < 4.78 is 11.4. The van der Waals surface area contributed by atoms with Crippen LogP contribution in [0, 0.1) is 0 Å². The van der Waals surface area contributed by atoms with Crippen LogP contribution >= 0.6 is 0 Å². The Labute approximate surface area is 121 Å². The van der Waals surface area contributed by atoms with E-state index in [2.05, 4.69) is 18.2 Å². The van der Waals surface area contributed by atoms with Crippen molar-refractivity contribution in [1.82, 2.24) is 0 Å². The van der Waals surface area contributed by atoms with Crippen molar-refractivity contribution in [2.45, 2.75) is 56.6 Å². The van der Waals surface area contributed by atoms with Crippen molar-refractivity contribution in [2.75, 3.05) is 13.2 Å². The first-order valence-corrected chi connectivity index (χ1v) is 7.92. The van der Waals surface area contributed by atoms with Crippen LogP contribution in [0.2, 0.25) is 0 Å². The second-order valence-electron chi connectivity index (χ2n) is 6.08. The smallest absolute Gasteiger partial charge is 0.122 e. The molecule has 0 spiro atoms. The minimum Gasteiger partial charge on any atom is -0.493 e. The number of nitrogens with two attached hydrogens (primary N) is 1. The first kappa shape index (κ1) is 13.9. The van der Waals surface area contributed by atoms with Gasteiger partial charge in [0, 0.05) is 12.6 Å². The molecule has 110 valence electrons. The summed E-state index contributed by atoms with van der Waals surface area (Å²) in [5.41, 5.74) is 7.68. The SMILES string of the molecule is NC(CCC1CCCO1)CC1CCOc2ccccc21. The zero-order chi connectivity index (χ0) is 13.8. The van der Waals surface area contributed by atoms with Crippen LogP contribution in [0.4, 0.5) is 0 Å². The van der Waals surface area contributed by atoms with Crippen LogP contribution in [-0.4, -0.2) is 25.4 Å². The average Bonchev–Trinajstić information content (AvgIpc) is 2.99. The number of ether oxygens (including phenoxy) is 2. The summed E-state index contributed by atoms with van der Waals surface area (Å²) in [6.07, 6.45) is 7.23. The minimum absolute atomic E-state index is 0.273. The molecule has 3 unspecified atom stereocenters. The largest absolute Gasteiger partial charge is 0.493 e. The fourth-order valence-electron chi connectivity index (χ4n) is 3.42. The molecule has 3 nitrogen and oxygen atoms in total. The van der Waals surface area contributed by atoms with E-state index in [9.17, 15) is 0 Å². The van der Waals surface area contributed by atoms with Crippen molar-refractivity contribution < 1.29 is 9.47 Å². The molecule has 0 aliphatic carbocycles. The quantitative estimate of drug-likeness (QED) is 0.897. The van der Waals surface area contributed by atoms with Gasteiger partial charge in [-0.25, -0.2) is 0 Å². The lowest BCUT2D eigenvalue weighted by Gasteiger charge is -2.28. The van der Waals surface area contributed by atoms with Crippen molar-refractivity contribution in [3.05, 3.63) is 29.8 Å². The fraction of sp³-hybridized carbons (Fsp3) is 0.647. The topological polar surface area (TPSA) is 44.5 Å². The highest BCUT2D eigenvalue weighted by atomic mass is 16.5. The van der Waals surface area contributed by atoms with E-state index in [4.69, 9.17) is 15.2 Å². The molecule has 0 radical (unpaired) electrons. The van der Waals surface area contributed by atoms with Gasteiger partial charge in [-0.15, -0.1) is 0 Å². The molecule has 0 amide bonds. The van der Waals surface area contributed by atoms with Gasteiger partial charge < -0.3 is 15.2 Å². The first-order valence-electron chi connectivity index (χ1n) is 7.92. The molecule has 20 heavy (non-hydrogen) atoms. The minimum atomic E-state index is 0.273. The zero-order valence-corrected chi connectivity index (χ0v) is 12.1. The highest BCUT2D eigenvalue weighted by Crippen LogP contribution is 2.36. The second-order valence-corrected chi connectivity index (χ2v) is 6.08. The molecular weight excluding hydrogens is 250 g/mol. The molecule has 3 atom stereocenters. The number of hydrogen-bond donors (Lipinski definition) is 1. The lowest BCUT2D eigenvalue weighted by molar-refractivity contribution is 0.100. The third kappa shape index (κ3) is 3.33. The summed E-state index contributed by atoms with van der Waals surface area (Å²) >= 11 is 0. The van der Waals surface area contributed by atoms with E-state index in [1.54, 1.807) is 0 Å². The molecule has 2 aliphatic heterocycles. The van der Waals surface area contributed by atoms with Gasteiger partial charge >= 0.3 is 0 Å². The maximum atomic E-state index is 6.34. The van der Waals surface area contributed by atoms with Gasteiger partial charge in [0.1, 0.15) is 5.75 Å². The molecule has 2 heterocycles. The molecule has 3 rings (SSSR count). The maximum absolute atomic E-state index is 6.34. The van der Waals surface area contributed by atoms with Gasteiger partial charge in [0.15, 0.2) is 0 Å². The number of fused-ring (bicyclic) bond motifs is 1. The summed E-state index contributed by atoms with van der Waals surface area (Å²) in [6, 6.07) is 8.66. The van der Waals surface area contributed by atoms with E-state index in [-0.39, 0.29) is 6.04 Å². The zero-order valence-electron chi connectivity index (χ0n) is 12.1. The van der Waals surface area contributed by atoms with Gasteiger partial charge in [0.25, 0.3) is 0 Å². The molecule has 1 aromatic carbocycles. The molecular formula is C17H25NO2. The predicted molar refractivity (Wildman–Crippen MR) is 80.1 cm³/mol. The Hall–Kier alpha value is -1.06. The molecule has 1 fully saturated rings. The van der Waals surface area contributed by atoms with Crippen LogP contribution in [0.1, 0.15) is 50.0 Å². The number of benzene rings is 1. The third-order valence-corrected chi connectivity index (χ3v) is 4.55. The van der Waals surface area contributed by atoms with Gasteiger partial charge in [-0.1, -0.05) is 18.2 Å². The fourth-order valence-corrected chi connectivity index (χ4v) is 3.42. The van der Waals surface area contributed by atoms with Crippen molar-refractivity contribution in [1.29, 1.82) is 0 Å². The lowest BCUT2D eigenvalue weighted by Crippen LogP contribution is -2.26. The summed E-state index contributed by atoms with van der Waals surface area (Å²) in [6.45, 7) is 1.76. The Morgan fingerprint density at radius 2 is 2.10 bits per heavy atom. The van der Waals surface area contributed by atoms with Crippen molar-refractivity contribution in [3.8, 4) is 5.75 Å². The molecule has 2 N–H and O–H groups in total. The number of para-hydroxylation sites is 1. The van der Waals surface area contributed by atoms with Crippen molar-refractivity contribution in [3.63, 3.8) is 0 Å². The van der Waals surface area contributed by atoms with E-state index in [1.807, 2.05) is 6.07 Å². The lowest BCUT2D eigenvalue weighted by atomic mass is 9.86. The monoisotopic (exact) mass is 275 g/mol. The summed E-state index contributed by atoms with van der Waals surface area (Å²) in [4.78, 5) is 0. The number of rotatable bonds is 5. The van der Waals surface area contributed by atoms with E-state index in [0.717, 1.165) is 44.6 Å². The Morgan fingerprint density at radius 1 is 1.20 bits per heavy atom. The van der Waals surface area contributed by atoms with Crippen LogP contribution in [0.3, 0.4) is 0 Å². The molecule has 0 saturated carbocycles. The average molecular weight is 275 g/mol. The van der Waals surface area contributed by atoms with Gasteiger partial charge in [-0.3, -0.25) is 0 Å².